The standard InChI is InChI=1S/C21H28N2O8/c1-13(2)9-15(21(27)29-4)23-19(25)12-31-20(26)8-6-14-5-7-16(17(10-14)28-3)30-11-18(22)24/h5-8,10,13,15H,9,11-12H2,1-4H3,(H2,22,24)(H,23,25)/b8-6+. The molecule has 1 aromatic rings. The van der Waals surface area contributed by atoms with Crippen LogP contribution >= 0.6 is 0 Å². The Morgan fingerprint density at radius 2 is 1.81 bits per heavy atom. The number of hydrogen-bond acceptors (Lipinski definition) is 8. The van der Waals surface area contributed by atoms with Gasteiger partial charge < -0.3 is 30.0 Å². The first-order valence-corrected chi connectivity index (χ1v) is 9.47. The Labute approximate surface area is 180 Å². The Hall–Kier alpha value is -3.56. The maximum absolute atomic E-state index is 12.0. The molecule has 0 aliphatic carbocycles. The molecule has 0 saturated carbocycles. The Kier molecular flexibility index (Phi) is 10.6. The highest BCUT2D eigenvalue weighted by atomic mass is 16.5. The third kappa shape index (κ3) is 9.66. The van der Waals surface area contributed by atoms with Gasteiger partial charge in [0.25, 0.3) is 11.8 Å². The van der Waals surface area contributed by atoms with Gasteiger partial charge in [0.15, 0.2) is 24.7 Å². The van der Waals surface area contributed by atoms with Crippen LogP contribution in [0.1, 0.15) is 25.8 Å². The minimum atomic E-state index is -0.811. The van der Waals surface area contributed by atoms with Gasteiger partial charge in [-0.3, -0.25) is 9.59 Å². The summed E-state index contributed by atoms with van der Waals surface area (Å²) < 4.78 is 20.0. The van der Waals surface area contributed by atoms with Crippen LogP contribution in [0.15, 0.2) is 24.3 Å². The molecule has 0 fully saturated rings. The number of carbonyl (C=O) groups excluding carboxylic acids is 4. The van der Waals surface area contributed by atoms with Gasteiger partial charge in [-0.25, -0.2) is 9.59 Å². The predicted octanol–water partition coefficient (Wildman–Crippen LogP) is 0.820. The summed E-state index contributed by atoms with van der Waals surface area (Å²) in [5, 5.41) is 2.49. The molecule has 3 N–H and O–H groups in total. The minimum Gasteiger partial charge on any atom is -0.493 e. The fraction of sp³-hybridized carbons (Fsp3) is 0.429. The fourth-order valence-electron chi connectivity index (χ4n) is 2.47. The van der Waals surface area contributed by atoms with E-state index in [2.05, 4.69) is 10.1 Å². The van der Waals surface area contributed by atoms with Crippen LogP contribution in [0.3, 0.4) is 0 Å². The molecule has 1 unspecified atom stereocenters. The molecule has 1 rings (SSSR count). The summed E-state index contributed by atoms with van der Waals surface area (Å²) in [5.74, 6) is -1.74. The first kappa shape index (κ1) is 25.5. The smallest absolute Gasteiger partial charge is 0.331 e. The second-order valence-corrected chi connectivity index (χ2v) is 6.88. The molecule has 0 radical (unpaired) electrons. The molecule has 0 spiro atoms. The number of ether oxygens (including phenoxy) is 4. The van der Waals surface area contributed by atoms with Gasteiger partial charge in [-0.15, -0.1) is 0 Å². The van der Waals surface area contributed by atoms with E-state index in [4.69, 9.17) is 19.9 Å². The summed E-state index contributed by atoms with van der Waals surface area (Å²) in [6, 6.07) is 3.96. The highest BCUT2D eigenvalue weighted by Gasteiger charge is 2.22. The monoisotopic (exact) mass is 436 g/mol. The van der Waals surface area contributed by atoms with Gasteiger partial charge in [0.2, 0.25) is 0 Å². The number of primary amides is 1. The average molecular weight is 436 g/mol. The predicted molar refractivity (Wildman–Crippen MR) is 111 cm³/mol. The lowest BCUT2D eigenvalue weighted by Crippen LogP contribution is -2.44. The Morgan fingerprint density at radius 1 is 1.10 bits per heavy atom. The largest absolute Gasteiger partial charge is 0.493 e. The maximum atomic E-state index is 12.0. The molecule has 0 heterocycles. The number of benzene rings is 1. The van der Waals surface area contributed by atoms with E-state index in [1.165, 1.54) is 20.3 Å². The van der Waals surface area contributed by atoms with E-state index in [1.54, 1.807) is 18.2 Å². The average Bonchev–Trinajstić information content (AvgIpc) is 2.73. The van der Waals surface area contributed by atoms with E-state index in [0.29, 0.717) is 23.5 Å². The number of rotatable bonds is 12. The molecule has 0 aromatic heterocycles. The van der Waals surface area contributed by atoms with Crippen LogP contribution in [0.4, 0.5) is 0 Å². The van der Waals surface area contributed by atoms with E-state index < -0.39 is 36.4 Å². The SMILES string of the molecule is COC(=O)C(CC(C)C)NC(=O)COC(=O)/C=C/c1ccc(OCC(N)=O)c(OC)c1. The zero-order chi connectivity index (χ0) is 23.4. The van der Waals surface area contributed by atoms with Crippen LogP contribution in [0, 0.1) is 5.92 Å². The first-order valence-electron chi connectivity index (χ1n) is 9.47. The first-order chi connectivity index (χ1) is 14.7. The van der Waals surface area contributed by atoms with Crippen LogP contribution in [-0.2, 0) is 28.7 Å². The van der Waals surface area contributed by atoms with Crippen LogP contribution in [0.5, 0.6) is 11.5 Å². The Balaban J connectivity index is 2.62. The van der Waals surface area contributed by atoms with E-state index in [-0.39, 0.29) is 12.5 Å². The van der Waals surface area contributed by atoms with Gasteiger partial charge >= 0.3 is 11.9 Å². The lowest BCUT2D eigenvalue weighted by Gasteiger charge is -2.18. The summed E-state index contributed by atoms with van der Waals surface area (Å²) in [6.07, 6.45) is 2.99. The third-order valence-electron chi connectivity index (χ3n) is 3.84. The lowest BCUT2D eigenvalue weighted by molar-refractivity contribution is -0.148. The van der Waals surface area contributed by atoms with Gasteiger partial charge in [-0.05, 0) is 36.1 Å². The molecule has 0 saturated heterocycles. The lowest BCUT2D eigenvalue weighted by atomic mass is 10.0. The molecule has 0 bridgehead atoms. The normalized spacial score (nSPS) is 11.6. The van der Waals surface area contributed by atoms with Crippen molar-refractivity contribution in [2.75, 3.05) is 27.4 Å². The molecule has 10 heteroatoms. The van der Waals surface area contributed by atoms with E-state index >= 15 is 0 Å². The zero-order valence-electron chi connectivity index (χ0n) is 18.0. The molecule has 31 heavy (non-hydrogen) atoms. The molecular weight excluding hydrogens is 408 g/mol. The molecule has 170 valence electrons. The second kappa shape index (κ2) is 12.9. The summed E-state index contributed by atoms with van der Waals surface area (Å²) in [6.45, 7) is 2.96. The minimum absolute atomic E-state index is 0.152. The van der Waals surface area contributed by atoms with Gasteiger partial charge in [0, 0.05) is 6.08 Å². The number of methoxy groups -OCH3 is 2. The van der Waals surface area contributed by atoms with Crippen molar-refractivity contribution in [2.24, 2.45) is 11.7 Å². The summed E-state index contributed by atoms with van der Waals surface area (Å²) >= 11 is 0. The quantitative estimate of drug-likeness (QED) is 0.362. The van der Waals surface area contributed by atoms with Crippen molar-refractivity contribution in [1.29, 1.82) is 0 Å². The summed E-state index contributed by atoms with van der Waals surface area (Å²) in [5.41, 5.74) is 5.63. The summed E-state index contributed by atoms with van der Waals surface area (Å²) in [4.78, 5) is 46.4. The Morgan fingerprint density at radius 3 is 2.39 bits per heavy atom. The van der Waals surface area contributed by atoms with Crippen molar-refractivity contribution in [2.45, 2.75) is 26.3 Å². The van der Waals surface area contributed by atoms with Gasteiger partial charge in [0.05, 0.1) is 14.2 Å². The number of nitrogens with one attached hydrogen (secondary N) is 1. The summed E-state index contributed by atoms with van der Waals surface area (Å²) in [7, 11) is 2.66. The van der Waals surface area contributed by atoms with E-state index in [1.807, 2.05) is 13.8 Å². The van der Waals surface area contributed by atoms with Crippen molar-refractivity contribution in [3.05, 3.63) is 29.8 Å². The number of carbonyl (C=O) groups is 4. The van der Waals surface area contributed by atoms with Crippen LogP contribution in [0.25, 0.3) is 6.08 Å². The highest BCUT2D eigenvalue weighted by Crippen LogP contribution is 2.28. The Bertz CT molecular complexity index is 820. The fourth-order valence-corrected chi connectivity index (χ4v) is 2.47. The molecule has 0 aliphatic rings. The molecule has 1 aromatic carbocycles. The topological polar surface area (TPSA) is 143 Å². The maximum Gasteiger partial charge on any atom is 0.331 e. The van der Waals surface area contributed by atoms with Crippen LogP contribution < -0.4 is 20.5 Å². The third-order valence-corrected chi connectivity index (χ3v) is 3.84. The van der Waals surface area contributed by atoms with Gasteiger partial charge in [-0.1, -0.05) is 19.9 Å². The van der Waals surface area contributed by atoms with Gasteiger partial charge in [0.1, 0.15) is 6.04 Å². The highest BCUT2D eigenvalue weighted by molar-refractivity contribution is 5.90. The van der Waals surface area contributed by atoms with Crippen molar-refractivity contribution >= 4 is 29.8 Å². The van der Waals surface area contributed by atoms with Crippen LogP contribution in [-0.4, -0.2) is 57.2 Å². The second-order valence-electron chi connectivity index (χ2n) is 6.88. The molecular formula is C21H28N2O8. The molecule has 10 nitrogen and oxygen atoms in total. The number of esters is 2. The van der Waals surface area contributed by atoms with Crippen molar-refractivity contribution in [3.63, 3.8) is 0 Å². The molecule has 0 aliphatic heterocycles. The number of nitrogens with two attached hydrogens (primary N) is 1. The number of amides is 2. The van der Waals surface area contributed by atoms with Crippen molar-refractivity contribution < 1.29 is 38.1 Å². The zero-order valence-corrected chi connectivity index (χ0v) is 18.0. The van der Waals surface area contributed by atoms with Crippen molar-refractivity contribution in [3.8, 4) is 11.5 Å². The van der Waals surface area contributed by atoms with E-state index in [0.717, 1.165) is 6.08 Å². The van der Waals surface area contributed by atoms with Crippen molar-refractivity contribution in [1.82, 2.24) is 5.32 Å². The van der Waals surface area contributed by atoms with Crippen LogP contribution in [0.2, 0.25) is 0 Å². The number of hydrogen-bond donors (Lipinski definition) is 2. The molecule has 1 atom stereocenters. The molecule has 2 amide bonds. The van der Waals surface area contributed by atoms with E-state index in [9.17, 15) is 19.2 Å². The van der Waals surface area contributed by atoms with Gasteiger partial charge in [-0.2, -0.15) is 0 Å².